The Morgan fingerprint density at radius 1 is 1.36 bits per heavy atom. The van der Waals surface area contributed by atoms with Crippen molar-refractivity contribution in [1.29, 1.82) is 0 Å². The fourth-order valence-corrected chi connectivity index (χ4v) is 2.87. The van der Waals surface area contributed by atoms with E-state index in [4.69, 9.17) is 16.0 Å². The van der Waals surface area contributed by atoms with E-state index in [0.717, 1.165) is 25.2 Å². The van der Waals surface area contributed by atoms with Crippen LogP contribution >= 0.6 is 36.4 Å². The van der Waals surface area contributed by atoms with E-state index in [1.54, 1.807) is 6.20 Å². The summed E-state index contributed by atoms with van der Waals surface area (Å²) >= 11 is 5.88. The molecule has 1 saturated heterocycles. The van der Waals surface area contributed by atoms with E-state index in [-0.39, 0.29) is 36.8 Å². The number of benzene rings is 1. The minimum atomic E-state index is 0. The SMILES string of the molecule is C[C@H]1CNCCN1C(=O)CCc1ncc(-c2ccc(Cl)cc2)o1.Cl.Cl. The molecule has 0 radical (unpaired) electrons. The first-order valence-electron chi connectivity index (χ1n) is 7.84. The third kappa shape index (κ3) is 5.61. The highest BCUT2D eigenvalue weighted by atomic mass is 35.5. The van der Waals surface area contributed by atoms with Crippen molar-refractivity contribution in [3.63, 3.8) is 0 Å². The largest absolute Gasteiger partial charge is 0.441 e. The Bertz CT molecular complexity index is 676. The quantitative estimate of drug-likeness (QED) is 0.843. The van der Waals surface area contributed by atoms with Crippen LogP contribution in [0.15, 0.2) is 34.9 Å². The van der Waals surface area contributed by atoms with Crippen LogP contribution in [-0.2, 0) is 11.2 Å². The summed E-state index contributed by atoms with van der Waals surface area (Å²) in [4.78, 5) is 18.5. The molecule has 3 rings (SSSR count). The number of nitrogens with zero attached hydrogens (tertiary/aromatic N) is 2. The number of hydrogen-bond acceptors (Lipinski definition) is 4. The second-order valence-corrected chi connectivity index (χ2v) is 6.20. The summed E-state index contributed by atoms with van der Waals surface area (Å²) < 4.78 is 5.74. The van der Waals surface area contributed by atoms with Crippen LogP contribution in [0, 0.1) is 0 Å². The molecule has 0 aliphatic carbocycles. The first-order valence-corrected chi connectivity index (χ1v) is 8.22. The molecule has 1 aromatic carbocycles. The molecular weight excluding hydrogens is 385 g/mol. The van der Waals surface area contributed by atoms with Gasteiger partial charge in [-0.3, -0.25) is 4.79 Å². The first kappa shape index (κ1) is 21.8. The zero-order chi connectivity index (χ0) is 16.2. The van der Waals surface area contributed by atoms with Gasteiger partial charge in [0, 0.05) is 49.1 Å². The van der Waals surface area contributed by atoms with Gasteiger partial charge < -0.3 is 14.6 Å². The summed E-state index contributed by atoms with van der Waals surface area (Å²) in [5.74, 6) is 1.44. The van der Waals surface area contributed by atoms with Crippen molar-refractivity contribution < 1.29 is 9.21 Å². The van der Waals surface area contributed by atoms with Crippen molar-refractivity contribution >= 4 is 42.3 Å². The maximum Gasteiger partial charge on any atom is 0.223 e. The van der Waals surface area contributed by atoms with Gasteiger partial charge in [-0.05, 0) is 31.2 Å². The van der Waals surface area contributed by atoms with Gasteiger partial charge in [-0.2, -0.15) is 0 Å². The molecule has 138 valence electrons. The van der Waals surface area contributed by atoms with Crippen LogP contribution in [0.2, 0.25) is 5.02 Å². The van der Waals surface area contributed by atoms with Crippen LogP contribution in [0.1, 0.15) is 19.2 Å². The molecule has 1 N–H and O–H groups in total. The number of aromatic nitrogens is 1. The highest BCUT2D eigenvalue weighted by Gasteiger charge is 2.22. The van der Waals surface area contributed by atoms with Crippen molar-refractivity contribution in [2.24, 2.45) is 0 Å². The zero-order valence-electron chi connectivity index (χ0n) is 13.9. The average Bonchev–Trinajstić information content (AvgIpc) is 3.03. The third-order valence-electron chi connectivity index (χ3n) is 4.06. The predicted molar refractivity (Wildman–Crippen MR) is 104 cm³/mol. The Morgan fingerprint density at radius 2 is 2.08 bits per heavy atom. The Morgan fingerprint density at radius 3 is 2.76 bits per heavy atom. The number of piperazine rings is 1. The molecule has 1 amide bonds. The normalized spacial score (nSPS) is 16.7. The number of halogens is 3. The van der Waals surface area contributed by atoms with Gasteiger partial charge in [0.2, 0.25) is 5.91 Å². The fourth-order valence-electron chi connectivity index (χ4n) is 2.74. The molecule has 0 saturated carbocycles. The molecular formula is C17H22Cl3N3O2. The molecule has 1 aliphatic rings. The lowest BCUT2D eigenvalue weighted by atomic mass is 10.2. The molecule has 0 unspecified atom stereocenters. The Hall–Kier alpha value is -1.27. The smallest absolute Gasteiger partial charge is 0.223 e. The van der Waals surface area contributed by atoms with Crippen LogP contribution in [0.5, 0.6) is 0 Å². The topological polar surface area (TPSA) is 58.4 Å². The molecule has 1 fully saturated rings. The maximum atomic E-state index is 12.3. The van der Waals surface area contributed by atoms with E-state index in [1.807, 2.05) is 29.2 Å². The second-order valence-electron chi connectivity index (χ2n) is 5.77. The van der Waals surface area contributed by atoms with Crippen molar-refractivity contribution in [2.45, 2.75) is 25.8 Å². The number of nitrogens with one attached hydrogen (secondary N) is 1. The van der Waals surface area contributed by atoms with Crippen LogP contribution < -0.4 is 5.32 Å². The molecule has 2 heterocycles. The van der Waals surface area contributed by atoms with Gasteiger partial charge >= 0.3 is 0 Å². The Balaban J connectivity index is 0.00000156. The Labute approximate surface area is 164 Å². The number of carbonyl (C=O) groups excluding carboxylic acids is 1. The van der Waals surface area contributed by atoms with E-state index in [2.05, 4.69) is 17.2 Å². The van der Waals surface area contributed by atoms with Crippen molar-refractivity contribution in [3.05, 3.63) is 41.4 Å². The Kier molecular flexibility index (Phi) is 8.73. The standard InChI is InChI=1S/C17H20ClN3O2.2ClH/c1-12-10-19-8-9-21(12)17(22)7-6-16-20-11-15(23-16)13-2-4-14(18)5-3-13;;/h2-5,11-12,19H,6-10H2,1H3;2*1H/t12-;;/m0../s1. The molecule has 1 atom stereocenters. The molecule has 8 heteroatoms. The van der Waals surface area contributed by atoms with Crippen molar-refractivity contribution in [3.8, 4) is 11.3 Å². The second kappa shape index (κ2) is 10.0. The molecule has 25 heavy (non-hydrogen) atoms. The van der Waals surface area contributed by atoms with Gasteiger partial charge in [0.1, 0.15) is 0 Å². The maximum absolute atomic E-state index is 12.3. The van der Waals surface area contributed by atoms with E-state index < -0.39 is 0 Å². The first-order chi connectivity index (χ1) is 11.1. The van der Waals surface area contributed by atoms with Gasteiger partial charge in [0.15, 0.2) is 11.7 Å². The highest BCUT2D eigenvalue weighted by molar-refractivity contribution is 6.30. The van der Waals surface area contributed by atoms with E-state index in [9.17, 15) is 4.79 Å². The fraction of sp³-hybridized carbons (Fsp3) is 0.412. The lowest BCUT2D eigenvalue weighted by molar-refractivity contribution is -0.134. The van der Waals surface area contributed by atoms with Crippen molar-refractivity contribution in [1.82, 2.24) is 15.2 Å². The summed E-state index contributed by atoms with van der Waals surface area (Å²) in [5.41, 5.74) is 0.926. The lowest BCUT2D eigenvalue weighted by Gasteiger charge is -2.34. The van der Waals surface area contributed by atoms with Crippen LogP contribution in [-0.4, -0.2) is 41.5 Å². The summed E-state index contributed by atoms with van der Waals surface area (Å²) in [5, 5.41) is 3.97. The van der Waals surface area contributed by atoms with Crippen molar-refractivity contribution in [2.75, 3.05) is 19.6 Å². The summed E-state index contributed by atoms with van der Waals surface area (Å²) in [7, 11) is 0. The number of rotatable bonds is 4. The summed E-state index contributed by atoms with van der Waals surface area (Å²) in [6.45, 7) is 4.54. The molecule has 5 nitrogen and oxygen atoms in total. The van der Waals surface area contributed by atoms with Gasteiger partial charge in [0.25, 0.3) is 0 Å². The minimum Gasteiger partial charge on any atom is -0.441 e. The zero-order valence-corrected chi connectivity index (χ0v) is 16.3. The molecule has 0 spiro atoms. The third-order valence-corrected chi connectivity index (χ3v) is 4.31. The molecule has 0 bridgehead atoms. The number of oxazole rings is 1. The van der Waals surface area contributed by atoms with E-state index >= 15 is 0 Å². The van der Waals surface area contributed by atoms with Gasteiger partial charge in [-0.1, -0.05) is 11.6 Å². The van der Waals surface area contributed by atoms with Gasteiger partial charge in [-0.15, -0.1) is 24.8 Å². The minimum absolute atomic E-state index is 0. The van der Waals surface area contributed by atoms with E-state index in [1.165, 1.54) is 0 Å². The lowest BCUT2D eigenvalue weighted by Crippen LogP contribution is -2.52. The average molecular weight is 407 g/mol. The molecule has 1 aliphatic heterocycles. The number of carbonyl (C=O) groups is 1. The number of amides is 1. The number of hydrogen-bond donors (Lipinski definition) is 1. The van der Waals surface area contributed by atoms with Gasteiger partial charge in [0.05, 0.1) is 6.20 Å². The van der Waals surface area contributed by atoms with E-state index in [0.29, 0.717) is 29.5 Å². The van der Waals surface area contributed by atoms with Crippen LogP contribution in [0.4, 0.5) is 0 Å². The highest BCUT2D eigenvalue weighted by Crippen LogP contribution is 2.22. The molecule has 1 aromatic heterocycles. The monoisotopic (exact) mass is 405 g/mol. The van der Waals surface area contributed by atoms with Gasteiger partial charge in [-0.25, -0.2) is 4.98 Å². The number of aryl methyl sites for hydroxylation is 1. The summed E-state index contributed by atoms with van der Waals surface area (Å²) in [6.07, 6.45) is 2.63. The molecule has 2 aromatic rings. The predicted octanol–water partition coefficient (Wildman–Crippen LogP) is 3.59. The van der Waals surface area contributed by atoms with Crippen LogP contribution in [0.25, 0.3) is 11.3 Å². The van der Waals surface area contributed by atoms with Crippen LogP contribution in [0.3, 0.4) is 0 Å². The summed E-state index contributed by atoms with van der Waals surface area (Å²) in [6, 6.07) is 7.65.